The van der Waals surface area contributed by atoms with Gasteiger partial charge < -0.3 is 27.5 Å². The van der Waals surface area contributed by atoms with Crippen LogP contribution in [0.5, 0.6) is 11.5 Å². The zero-order valence-corrected chi connectivity index (χ0v) is 25.7. The number of phosphoric ester groups is 1. The molecule has 1 saturated heterocycles. The Balaban J connectivity index is 1.71. The van der Waals surface area contributed by atoms with Gasteiger partial charge in [0, 0.05) is 12.8 Å². The number of esters is 2. The maximum atomic E-state index is 14.2. The summed E-state index contributed by atoms with van der Waals surface area (Å²) in [7, 11) is -6.51. The van der Waals surface area contributed by atoms with Gasteiger partial charge in [-0.1, -0.05) is 43.3 Å². The molecule has 2 aromatic carbocycles. The molecule has 0 aliphatic carbocycles. The van der Waals surface area contributed by atoms with Crippen molar-refractivity contribution in [2.75, 3.05) is 6.79 Å². The molecule has 2 aliphatic rings. The number of phosphoric acid groups is 1. The van der Waals surface area contributed by atoms with Gasteiger partial charge in [-0.25, -0.2) is 4.79 Å². The minimum atomic E-state index is -4.50. The van der Waals surface area contributed by atoms with Crippen molar-refractivity contribution in [1.82, 2.24) is 4.90 Å². The summed E-state index contributed by atoms with van der Waals surface area (Å²) >= 11 is 0. The topological polar surface area (TPSA) is 127 Å². The summed E-state index contributed by atoms with van der Waals surface area (Å²) in [6.45, 7) is 10.1. The van der Waals surface area contributed by atoms with Crippen LogP contribution in [-0.2, 0) is 37.4 Å². The van der Waals surface area contributed by atoms with E-state index >= 15 is 0 Å². The molecule has 0 unspecified atom stereocenters. The largest absolute Gasteiger partial charge is 0.646 e. The van der Waals surface area contributed by atoms with Crippen LogP contribution in [-0.4, -0.2) is 50.0 Å². The fraction of sp³-hybridized carbons (Fsp3) is 0.393. The van der Waals surface area contributed by atoms with E-state index in [2.05, 4.69) is 0 Å². The lowest BCUT2D eigenvalue weighted by molar-refractivity contribution is -0.170. The van der Waals surface area contributed by atoms with E-state index in [1.165, 1.54) is 4.90 Å². The van der Waals surface area contributed by atoms with E-state index in [1.807, 2.05) is 26.6 Å². The SMILES string of the molecule is CC(=O)OCOC(=O)C1=C(OP(=O)(Oc2ccccc2)Oc2ccccc2)[C@H](C)[C@@H]2[C@@H]([C@@H](C)O[Si](C)(C)C)C(=O)N12. The van der Waals surface area contributed by atoms with Gasteiger partial charge in [0.2, 0.25) is 12.7 Å². The summed E-state index contributed by atoms with van der Waals surface area (Å²) in [5.74, 6) is -2.92. The van der Waals surface area contributed by atoms with Gasteiger partial charge in [-0.2, -0.15) is 4.57 Å². The van der Waals surface area contributed by atoms with Crippen LogP contribution in [0, 0.1) is 11.8 Å². The number of hydrogen-bond donors (Lipinski definition) is 0. The molecule has 0 saturated carbocycles. The number of benzene rings is 2. The lowest BCUT2D eigenvalue weighted by Crippen LogP contribution is -2.64. The Morgan fingerprint density at radius 1 is 0.927 bits per heavy atom. The molecule has 2 heterocycles. The number of fused-ring (bicyclic) bond motifs is 1. The summed E-state index contributed by atoms with van der Waals surface area (Å²) in [5.41, 5.74) is -0.260. The van der Waals surface area contributed by atoms with Crippen LogP contribution >= 0.6 is 7.82 Å². The van der Waals surface area contributed by atoms with Crippen molar-refractivity contribution in [2.24, 2.45) is 11.8 Å². The van der Waals surface area contributed by atoms with Gasteiger partial charge in [0.15, 0.2) is 14.0 Å². The van der Waals surface area contributed by atoms with Crippen molar-refractivity contribution in [2.45, 2.75) is 52.6 Å². The van der Waals surface area contributed by atoms with Crippen LogP contribution in [0.3, 0.4) is 0 Å². The smallest absolute Gasteiger partial charge is 0.428 e. The van der Waals surface area contributed by atoms with E-state index in [0.717, 1.165) is 6.92 Å². The molecule has 13 heteroatoms. The molecule has 220 valence electrons. The molecule has 2 aromatic rings. The molecule has 1 amide bonds. The van der Waals surface area contributed by atoms with Crippen molar-refractivity contribution < 1.29 is 46.4 Å². The maximum absolute atomic E-state index is 14.2. The van der Waals surface area contributed by atoms with Gasteiger partial charge in [0.25, 0.3) is 0 Å². The van der Waals surface area contributed by atoms with Crippen LogP contribution in [0.2, 0.25) is 19.6 Å². The van der Waals surface area contributed by atoms with Gasteiger partial charge in [0.05, 0.1) is 18.1 Å². The second kappa shape index (κ2) is 12.1. The first kappa shape index (κ1) is 30.4. The molecule has 0 aromatic heterocycles. The zero-order valence-electron chi connectivity index (χ0n) is 23.8. The Bertz CT molecular complexity index is 1320. The third-order valence-electron chi connectivity index (χ3n) is 6.41. The number of carbonyl (C=O) groups excluding carboxylic acids is 3. The monoisotopic (exact) mass is 603 g/mol. The predicted molar refractivity (Wildman–Crippen MR) is 150 cm³/mol. The van der Waals surface area contributed by atoms with E-state index in [-0.39, 0.29) is 28.9 Å². The normalized spacial score (nSPS) is 21.0. The van der Waals surface area contributed by atoms with Gasteiger partial charge >= 0.3 is 19.8 Å². The molecule has 4 atom stereocenters. The fourth-order valence-electron chi connectivity index (χ4n) is 4.88. The molecule has 11 nitrogen and oxygen atoms in total. The third-order valence-corrected chi connectivity index (χ3v) is 8.78. The molecule has 0 spiro atoms. The van der Waals surface area contributed by atoms with E-state index in [4.69, 9.17) is 27.5 Å². The molecule has 0 radical (unpaired) electrons. The van der Waals surface area contributed by atoms with Crippen molar-refractivity contribution in [1.29, 1.82) is 0 Å². The summed E-state index contributed by atoms with van der Waals surface area (Å²) in [4.78, 5) is 39.2. The van der Waals surface area contributed by atoms with Crippen molar-refractivity contribution in [3.8, 4) is 11.5 Å². The number of para-hydroxylation sites is 2. The summed E-state index contributed by atoms with van der Waals surface area (Å²) < 4.78 is 47.8. The summed E-state index contributed by atoms with van der Waals surface area (Å²) in [6.07, 6.45) is -0.441. The number of β-lactam (4-membered cyclic amide) rings is 1. The second-order valence-corrected chi connectivity index (χ2v) is 16.6. The highest BCUT2D eigenvalue weighted by molar-refractivity contribution is 7.49. The first-order chi connectivity index (χ1) is 19.3. The number of rotatable bonds is 12. The van der Waals surface area contributed by atoms with Crippen molar-refractivity contribution in [3.05, 3.63) is 72.1 Å². The van der Waals surface area contributed by atoms with Crippen molar-refractivity contribution in [3.63, 3.8) is 0 Å². The Morgan fingerprint density at radius 3 is 1.95 bits per heavy atom. The lowest BCUT2D eigenvalue weighted by Gasteiger charge is -2.48. The fourth-order valence-corrected chi connectivity index (χ4v) is 7.51. The first-order valence-electron chi connectivity index (χ1n) is 13.1. The Labute approximate surface area is 240 Å². The minimum Gasteiger partial charge on any atom is -0.428 e. The van der Waals surface area contributed by atoms with E-state index in [0.29, 0.717) is 0 Å². The number of ether oxygens (including phenoxy) is 2. The second-order valence-electron chi connectivity index (χ2n) is 10.7. The van der Waals surface area contributed by atoms with Crippen LogP contribution < -0.4 is 9.05 Å². The van der Waals surface area contributed by atoms with Crippen LogP contribution in [0.25, 0.3) is 0 Å². The van der Waals surface area contributed by atoms with Gasteiger partial charge in [-0.15, -0.1) is 0 Å². The number of amides is 1. The first-order valence-corrected chi connectivity index (χ1v) is 18.0. The molecule has 1 fully saturated rings. The highest BCUT2D eigenvalue weighted by atomic mass is 31.2. The Hall–Kier alpha value is -3.60. The van der Waals surface area contributed by atoms with E-state index in [9.17, 15) is 18.9 Å². The predicted octanol–water partition coefficient (Wildman–Crippen LogP) is 5.26. The highest BCUT2D eigenvalue weighted by Gasteiger charge is 2.62. The number of carbonyl (C=O) groups is 3. The molecule has 0 N–H and O–H groups in total. The summed E-state index contributed by atoms with van der Waals surface area (Å²) in [5, 5.41) is 0. The average molecular weight is 604 g/mol. The Kier molecular flexibility index (Phi) is 8.96. The Morgan fingerprint density at radius 2 is 1.46 bits per heavy atom. The third kappa shape index (κ3) is 7.01. The molecule has 2 aliphatic heterocycles. The summed E-state index contributed by atoms with van der Waals surface area (Å²) in [6, 6.07) is 16.0. The average Bonchev–Trinajstić information content (AvgIpc) is 3.11. The maximum Gasteiger partial charge on any atom is 0.646 e. The van der Waals surface area contributed by atoms with Crippen LogP contribution in [0.4, 0.5) is 0 Å². The van der Waals surface area contributed by atoms with E-state index < -0.39 is 58.9 Å². The molecular formula is C28H34NO10PSi. The zero-order chi connectivity index (χ0) is 29.9. The molecular weight excluding hydrogens is 569 g/mol. The lowest BCUT2D eigenvalue weighted by atomic mass is 9.79. The van der Waals surface area contributed by atoms with Gasteiger partial charge in [-0.3, -0.25) is 14.5 Å². The van der Waals surface area contributed by atoms with E-state index in [1.54, 1.807) is 67.6 Å². The van der Waals surface area contributed by atoms with Gasteiger partial charge in [-0.05, 0) is 50.8 Å². The van der Waals surface area contributed by atoms with Gasteiger partial charge in [0.1, 0.15) is 17.3 Å². The molecule has 4 rings (SSSR count). The van der Waals surface area contributed by atoms with Crippen LogP contribution in [0.1, 0.15) is 20.8 Å². The quantitative estimate of drug-likeness (QED) is 0.104. The molecule has 0 bridgehead atoms. The standard InChI is InChI=1S/C28H34NO10PSi/c1-18-24-23(19(2)39-41(4,5)6)27(31)29(24)25(28(32)35-17-34-20(3)30)26(18)38-40(33,36-21-13-9-7-10-14-21)37-22-15-11-8-12-16-22/h7-16,18-19,23-24H,17H2,1-6H3/t18-,19-,23-,24-/m1/s1. The number of nitrogens with zero attached hydrogens (tertiary/aromatic N) is 1. The highest BCUT2D eigenvalue weighted by Crippen LogP contribution is 2.57. The van der Waals surface area contributed by atoms with Crippen LogP contribution in [0.15, 0.2) is 72.1 Å². The minimum absolute atomic E-state index is 0.103. The van der Waals surface area contributed by atoms with Crippen molar-refractivity contribution >= 4 is 34.0 Å². The molecule has 41 heavy (non-hydrogen) atoms. The number of hydrogen-bond acceptors (Lipinski definition) is 10.